The van der Waals surface area contributed by atoms with E-state index >= 15 is 13.2 Å². The first kappa shape index (κ1) is 23.0. The van der Waals surface area contributed by atoms with E-state index in [1.165, 1.54) is 6.92 Å². The van der Waals surface area contributed by atoms with Crippen LogP contribution >= 0.6 is 11.8 Å². The largest absolute Gasteiger partial charge is 0.390 e. The van der Waals surface area contributed by atoms with Gasteiger partial charge in [-0.1, -0.05) is 25.6 Å². The quantitative estimate of drug-likeness (QED) is 0.612. The zero-order valence-electron chi connectivity index (χ0n) is 17.5. The molecule has 0 amide bonds. The summed E-state index contributed by atoms with van der Waals surface area (Å²) in [7, 11) is 0. The van der Waals surface area contributed by atoms with Crippen LogP contribution in [0.2, 0.25) is 0 Å². The van der Waals surface area contributed by atoms with Crippen molar-refractivity contribution in [2.24, 2.45) is 28.6 Å². The second-order valence-electron chi connectivity index (χ2n) is 9.89. The number of alkyl halides is 3. The van der Waals surface area contributed by atoms with Gasteiger partial charge in [-0.2, -0.15) is 0 Å². The molecular formula is C22H26F4O4S. The van der Waals surface area contributed by atoms with Gasteiger partial charge in [0.15, 0.2) is 11.5 Å². The maximum Gasteiger partial charge on any atom is 0.223 e. The minimum Gasteiger partial charge on any atom is -0.390 e. The molecule has 0 aliphatic heterocycles. The summed E-state index contributed by atoms with van der Waals surface area (Å²) in [5, 5.41) is 21.7. The van der Waals surface area contributed by atoms with Gasteiger partial charge in [0.25, 0.3) is 0 Å². The van der Waals surface area contributed by atoms with E-state index in [1.807, 2.05) is 0 Å². The van der Waals surface area contributed by atoms with Crippen LogP contribution in [0.3, 0.4) is 0 Å². The summed E-state index contributed by atoms with van der Waals surface area (Å²) in [4.78, 5) is 24.5. The van der Waals surface area contributed by atoms with Crippen molar-refractivity contribution in [1.82, 2.24) is 0 Å². The fourth-order valence-corrected chi connectivity index (χ4v) is 7.95. The fourth-order valence-electron chi connectivity index (χ4n) is 7.20. The van der Waals surface area contributed by atoms with Crippen molar-refractivity contribution >= 4 is 22.7 Å². The lowest BCUT2D eigenvalue weighted by Gasteiger charge is -2.63. The van der Waals surface area contributed by atoms with E-state index in [0.717, 1.165) is 13.0 Å². The molecule has 1 unspecified atom stereocenters. The number of thioether (sulfide) groups is 1. The van der Waals surface area contributed by atoms with Gasteiger partial charge in [0.2, 0.25) is 5.12 Å². The Hall–Kier alpha value is -1.19. The van der Waals surface area contributed by atoms with Crippen LogP contribution in [0, 0.1) is 28.6 Å². The molecule has 0 aromatic heterocycles. The van der Waals surface area contributed by atoms with E-state index in [2.05, 4.69) is 0 Å². The highest BCUT2D eigenvalue weighted by molar-refractivity contribution is 8.13. The number of ketones is 1. The second-order valence-corrected chi connectivity index (χ2v) is 10.8. The minimum absolute atomic E-state index is 0.140. The molecule has 3 fully saturated rings. The first-order valence-corrected chi connectivity index (χ1v) is 11.4. The number of rotatable bonds is 2. The number of allylic oxidation sites excluding steroid dienone is 4. The SMILES string of the molecule is C[C@@H]1C[C@H]2C3C[C@H](F)C4=CC(=O)C=C(F)[C@@]4(C)[C@@]3(F)[C@@H](O)C[C@]2(C)[C@@]1(O)C(=O)SCF. The molecule has 0 aromatic carbocycles. The standard InChI is InChI=1S/C22H26F4O4S/c1-10-4-12-13-7-15(24)14-5-11(27)6-16(25)20(14,3)21(13,26)17(28)8-19(12,2)22(10,30)18(29)31-9-23/h5-6,10,12-13,15,17,28,30H,4,7-9H2,1-3H3/t10-,12+,13?,15+,17+,19+,20+,21+,22+/m1/s1. The van der Waals surface area contributed by atoms with Crippen molar-refractivity contribution in [2.45, 2.75) is 63.6 Å². The van der Waals surface area contributed by atoms with Gasteiger partial charge < -0.3 is 10.2 Å². The Morgan fingerprint density at radius 1 is 1.26 bits per heavy atom. The van der Waals surface area contributed by atoms with Crippen molar-refractivity contribution in [3.05, 3.63) is 23.6 Å². The van der Waals surface area contributed by atoms with E-state index in [9.17, 15) is 24.2 Å². The van der Waals surface area contributed by atoms with Crippen LogP contribution in [-0.4, -0.2) is 50.7 Å². The molecule has 0 spiro atoms. The number of carbonyl (C=O) groups is 2. The van der Waals surface area contributed by atoms with E-state index < -0.39 is 81.3 Å². The van der Waals surface area contributed by atoms with Crippen molar-refractivity contribution in [3.63, 3.8) is 0 Å². The Labute approximate surface area is 182 Å². The third-order valence-electron chi connectivity index (χ3n) is 8.82. The van der Waals surface area contributed by atoms with Gasteiger partial charge >= 0.3 is 0 Å². The topological polar surface area (TPSA) is 74.6 Å². The van der Waals surface area contributed by atoms with Crippen molar-refractivity contribution in [1.29, 1.82) is 0 Å². The number of carbonyl (C=O) groups excluding carboxylic acids is 2. The summed E-state index contributed by atoms with van der Waals surface area (Å²) < 4.78 is 60.3. The number of aliphatic hydroxyl groups is 2. The second kappa shape index (κ2) is 6.90. The highest BCUT2D eigenvalue weighted by Crippen LogP contribution is 2.72. The molecule has 31 heavy (non-hydrogen) atoms. The number of aliphatic hydroxyl groups excluding tert-OH is 1. The van der Waals surface area contributed by atoms with Gasteiger partial charge in [-0.25, -0.2) is 17.6 Å². The summed E-state index contributed by atoms with van der Waals surface area (Å²) in [5.41, 5.74) is -8.55. The van der Waals surface area contributed by atoms with E-state index in [4.69, 9.17) is 0 Å². The normalized spacial score (nSPS) is 51.4. The molecule has 4 nitrogen and oxygen atoms in total. The Morgan fingerprint density at radius 2 is 1.90 bits per heavy atom. The Bertz CT molecular complexity index is 908. The zero-order chi connectivity index (χ0) is 23.1. The zero-order valence-corrected chi connectivity index (χ0v) is 18.3. The maximum absolute atomic E-state index is 16.9. The summed E-state index contributed by atoms with van der Waals surface area (Å²) in [6.07, 6.45) is -2.80. The Morgan fingerprint density at radius 3 is 2.52 bits per heavy atom. The molecule has 9 atom stereocenters. The van der Waals surface area contributed by atoms with Crippen LogP contribution in [-0.2, 0) is 9.59 Å². The molecule has 172 valence electrons. The lowest BCUT2D eigenvalue weighted by atomic mass is 9.44. The van der Waals surface area contributed by atoms with Crippen LogP contribution in [0.4, 0.5) is 17.6 Å². The van der Waals surface area contributed by atoms with Crippen LogP contribution < -0.4 is 0 Å². The number of fused-ring (bicyclic) bond motifs is 5. The molecule has 0 bridgehead atoms. The summed E-state index contributed by atoms with van der Waals surface area (Å²) in [5.74, 6) is -4.59. The highest BCUT2D eigenvalue weighted by Gasteiger charge is 2.77. The molecule has 4 aliphatic rings. The lowest BCUT2D eigenvalue weighted by molar-refractivity contribution is -0.225. The molecule has 9 heteroatoms. The van der Waals surface area contributed by atoms with Gasteiger partial charge in [-0.3, -0.25) is 9.59 Å². The molecule has 0 saturated heterocycles. The van der Waals surface area contributed by atoms with Crippen molar-refractivity contribution in [2.75, 3.05) is 6.01 Å². The summed E-state index contributed by atoms with van der Waals surface area (Å²) >= 11 is 0.313. The van der Waals surface area contributed by atoms with Crippen LogP contribution in [0.15, 0.2) is 23.6 Å². The van der Waals surface area contributed by atoms with E-state index in [1.54, 1.807) is 6.92 Å². The molecule has 0 heterocycles. The first-order chi connectivity index (χ1) is 14.3. The average molecular weight is 463 g/mol. The third-order valence-corrected chi connectivity index (χ3v) is 9.50. The molecular weight excluding hydrogens is 436 g/mol. The number of halogens is 4. The van der Waals surface area contributed by atoms with E-state index in [0.29, 0.717) is 17.8 Å². The number of hydrogen-bond donors (Lipinski definition) is 2. The van der Waals surface area contributed by atoms with Gasteiger partial charge in [-0.05, 0) is 49.7 Å². The predicted octanol–water partition coefficient (Wildman–Crippen LogP) is 3.77. The minimum atomic E-state index is -2.64. The number of hydrogen-bond acceptors (Lipinski definition) is 5. The highest BCUT2D eigenvalue weighted by atomic mass is 32.2. The van der Waals surface area contributed by atoms with Gasteiger partial charge in [0.1, 0.15) is 23.6 Å². The van der Waals surface area contributed by atoms with E-state index in [-0.39, 0.29) is 18.4 Å². The summed E-state index contributed by atoms with van der Waals surface area (Å²) in [6.45, 7) is 4.30. The van der Waals surface area contributed by atoms with Crippen molar-refractivity contribution in [3.8, 4) is 0 Å². The molecule has 0 radical (unpaired) electrons. The van der Waals surface area contributed by atoms with Gasteiger partial charge in [0, 0.05) is 17.4 Å². The van der Waals surface area contributed by atoms with Gasteiger partial charge in [0.05, 0.1) is 11.5 Å². The monoisotopic (exact) mass is 462 g/mol. The smallest absolute Gasteiger partial charge is 0.223 e. The van der Waals surface area contributed by atoms with Crippen LogP contribution in [0.25, 0.3) is 0 Å². The first-order valence-electron chi connectivity index (χ1n) is 10.4. The molecule has 4 rings (SSSR count). The van der Waals surface area contributed by atoms with Crippen LogP contribution in [0.5, 0.6) is 0 Å². The maximum atomic E-state index is 16.9. The molecule has 0 aromatic rings. The molecule has 4 aliphatic carbocycles. The third kappa shape index (κ3) is 2.51. The van der Waals surface area contributed by atoms with Crippen LogP contribution in [0.1, 0.15) is 40.0 Å². The Kier molecular flexibility index (Phi) is 5.12. The fraction of sp³-hybridized carbons (Fsp3) is 0.727. The molecule has 3 saturated carbocycles. The molecule has 2 N–H and O–H groups in total. The van der Waals surface area contributed by atoms with Gasteiger partial charge in [-0.15, -0.1) is 0 Å². The Balaban J connectivity index is 1.87. The summed E-state index contributed by atoms with van der Waals surface area (Å²) in [6, 6.07) is -1.05. The predicted molar refractivity (Wildman–Crippen MR) is 107 cm³/mol. The lowest BCUT2D eigenvalue weighted by Crippen LogP contribution is -2.70. The average Bonchev–Trinajstić information content (AvgIpc) is 2.88. The van der Waals surface area contributed by atoms with Crippen molar-refractivity contribution < 1.29 is 37.4 Å².